The monoisotopic (exact) mass is 624 g/mol. The highest BCUT2D eigenvalue weighted by Gasteiger charge is 2.37. The summed E-state index contributed by atoms with van der Waals surface area (Å²) in [5.41, 5.74) is -0.303. The van der Waals surface area contributed by atoms with Gasteiger partial charge in [0.15, 0.2) is 5.82 Å². The number of amides is 4. The number of rotatable bonds is 5. The van der Waals surface area contributed by atoms with E-state index in [1.165, 1.54) is 24.5 Å². The average molecular weight is 625 g/mol. The van der Waals surface area contributed by atoms with Crippen LogP contribution < -0.4 is 25.6 Å². The van der Waals surface area contributed by atoms with Crippen LogP contribution in [0.5, 0.6) is 5.88 Å². The van der Waals surface area contributed by atoms with Gasteiger partial charge in [-0.2, -0.15) is 0 Å². The van der Waals surface area contributed by atoms with Gasteiger partial charge in [0.2, 0.25) is 11.8 Å². The molecule has 3 heterocycles. The molecule has 1 fully saturated rings. The first kappa shape index (κ1) is 31.2. The van der Waals surface area contributed by atoms with Crippen molar-refractivity contribution in [3.05, 3.63) is 35.9 Å². The largest absolute Gasteiger partial charge is 0.474 e. The van der Waals surface area contributed by atoms with Gasteiger partial charge in [-0.05, 0) is 63.6 Å². The van der Waals surface area contributed by atoms with Gasteiger partial charge in [0.25, 0.3) is 0 Å². The van der Waals surface area contributed by atoms with E-state index in [0.29, 0.717) is 23.8 Å². The molecule has 14 nitrogen and oxygen atoms in total. The summed E-state index contributed by atoms with van der Waals surface area (Å²) < 4.78 is 32.6. The van der Waals surface area contributed by atoms with E-state index in [9.17, 15) is 24.3 Å². The molecule has 0 radical (unpaired) electrons. The molecular formula is C30H33FN6O8. The predicted molar refractivity (Wildman–Crippen MR) is 161 cm³/mol. The van der Waals surface area contributed by atoms with E-state index in [2.05, 4.69) is 25.9 Å². The number of hydrogen-bond donors (Lipinski definition) is 4. The van der Waals surface area contributed by atoms with Crippen molar-refractivity contribution in [3.63, 3.8) is 0 Å². The molecule has 0 bridgehead atoms. The Morgan fingerprint density at radius 2 is 1.80 bits per heavy atom. The molecule has 2 aliphatic rings. The topological polar surface area (TPSA) is 181 Å². The Kier molecular flexibility index (Phi) is 8.36. The molecule has 238 valence electrons. The molecule has 45 heavy (non-hydrogen) atoms. The van der Waals surface area contributed by atoms with Crippen molar-refractivity contribution in [2.75, 3.05) is 35.7 Å². The maximum absolute atomic E-state index is 16.4. The van der Waals surface area contributed by atoms with E-state index in [0.717, 1.165) is 4.90 Å². The molecule has 5 rings (SSSR count). The summed E-state index contributed by atoms with van der Waals surface area (Å²) in [4.78, 5) is 58.6. The number of carbonyl (C=O) groups excluding carboxylic acids is 3. The molecule has 0 atom stereocenters. The number of fused-ring (bicyclic) bond motifs is 2. The second kappa shape index (κ2) is 12.1. The summed E-state index contributed by atoms with van der Waals surface area (Å²) in [6, 6.07) is 2.95. The zero-order valence-corrected chi connectivity index (χ0v) is 25.3. The number of benzene rings is 1. The smallest absolute Gasteiger partial charge is 0.413 e. The normalized spacial score (nSPS) is 17.3. The molecule has 0 unspecified atom stereocenters. The summed E-state index contributed by atoms with van der Waals surface area (Å²) in [7, 11) is 1.54. The lowest BCUT2D eigenvalue weighted by Gasteiger charge is -2.33. The summed E-state index contributed by atoms with van der Waals surface area (Å²) in [6.07, 6.45) is 0.126. The van der Waals surface area contributed by atoms with Gasteiger partial charge < -0.3 is 24.6 Å². The highest BCUT2D eigenvalue weighted by Crippen LogP contribution is 2.42. The van der Waals surface area contributed by atoms with Gasteiger partial charge in [0.05, 0.1) is 12.2 Å². The average Bonchev–Trinajstić information content (AvgIpc) is 2.94. The number of hydrogen-bond acceptors (Lipinski definition) is 9. The standard InChI is InChI=1S/C30H33FN6O8/c1-14-19(12-34-26-24(14)37(29(41)42)6-7-43-26)18-10-15-11-21(35-27(39)44-17-8-16(9-17)25(38)32-5)33-13-20(15)23(22(18)31)36-28(40)45-30(2,3)4/h10-13,16-17H,6-9H2,1-5H3,(H,32,38)(H,36,40)(H,41,42)(H,33,35,39)/t16-,17+. The quantitative estimate of drug-likeness (QED) is 0.300. The van der Waals surface area contributed by atoms with Crippen molar-refractivity contribution >= 4 is 52.2 Å². The van der Waals surface area contributed by atoms with Gasteiger partial charge in [0.1, 0.15) is 29.8 Å². The van der Waals surface area contributed by atoms with E-state index in [4.69, 9.17) is 14.2 Å². The van der Waals surface area contributed by atoms with Crippen molar-refractivity contribution in [2.45, 2.75) is 52.2 Å². The number of anilines is 3. The zero-order chi connectivity index (χ0) is 32.6. The molecule has 4 amide bonds. The van der Waals surface area contributed by atoms with E-state index in [-0.39, 0.29) is 64.6 Å². The molecule has 2 aromatic heterocycles. The number of ether oxygens (including phenoxy) is 3. The molecule has 3 aromatic rings. The number of nitrogens with zero attached hydrogens (tertiary/aromatic N) is 3. The maximum atomic E-state index is 16.4. The summed E-state index contributed by atoms with van der Waals surface area (Å²) in [6.45, 7) is 6.78. The van der Waals surface area contributed by atoms with Crippen molar-refractivity contribution in [2.24, 2.45) is 5.92 Å². The number of pyridine rings is 2. The van der Waals surface area contributed by atoms with Crippen LogP contribution >= 0.6 is 0 Å². The van der Waals surface area contributed by atoms with Crippen LogP contribution in [-0.4, -0.2) is 71.2 Å². The lowest BCUT2D eigenvalue weighted by Crippen LogP contribution is -2.42. The maximum Gasteiger partial charge on any atom is 0.413 e. The Hall–Kier alpha value is -5.21. The van der Waals surface area contributed by atoms with E-state index in [1.54, 1.807) is 34.7 Å². The van der Waals surface area contributed by atoms with Crippen LogP contribution in [0.3, 0.4) is 0 Å². The van der Waals surface area contributed by atoms with Crippen molar-refractivity contribution < 1.29 is 42.9 Å². The molecule has 1 aliphatic heterocycles. The third-order valence-corrected chi connectivity index (χ3v) is 7.42. The van der Waals surface area contributed by atoms with E-state index >= 15 is 4.39 Å². The molecule has 0 spiro atoms. The van der Waals surface area contributed by atoms with Gasteiger partial charge >= 0.3 is 18.3 Å². The number of halogens is 1. The van der Waals surface area contributed by atoms with Crippen LogP contribution in [0.4, 0.5) is 36.0 Å². The number of carboxylic acid groups (broad SMARTS) is 1. The second-order valence-electron chi connectivity index (χ2n) is 11.7. The lowest BCUT2D eigenvalue weighted by atomic mass is 9.81. The van der Waals surface area contributed by atoms with Crippen LogP contribution in [0, 0.1) is 18.7 Å². The predicted octanol–water partition coefficient (Wildman–Crippen LogP) is 5.04. The zero-order valence-electron chi connectivity index (χ0n) is 25.3. The fourth-order valence-electron chi connectivity index (χ4n) is 5.23. The van der Waals surface area contributed by atoms with Crippen LogP contribution in [0.25, 0.3) is 21.9 Å². The Balaban J connectivity index is 1.53. The third-order valence-electron chi connectivity index (χ3n) is 7.42. The van der Waals surface area contributed by atoms with E-state index in [1.807, 2.05) is 0 Å². The van der Waals surface area contributed by atoms with Gasteiger partial charge in [-0.15, -0.1) is 0 Å². The van der Waals surface area contributed by atoms with Gasteiger partial charge in [-0.3, -0.25) is 20.3 Å². The summed E-state index contributed by atoms with van der Waals surface area (Å²) >= 11 is 0. The molecule has 1 aliphatic carbocycles. The first-order valence-electron chi connectivity index (χ1n) is 14.2. The minimum absolute atomic E-state index is 0.00768. The molecule has 1 aromatic carbocycles. The van der Waals surface area contributed by atoms with Crippen molar-refractivity contribution in [1.29, 1.82) is 0 Å². The van der Waals surface area contributed by atoms with Gasteiger partial charge in [0, 0.05) is 41.9 Å². The fourth-order valence-corrected chi connectivity index (χ4v) is 5.23. The summed E-state index contributed by atoms with van der Waals surface area (Å²) in [5, 5.41) is 17.9. The minimum atomic E-state index is -1.22. The highest BCUT2D eigenvalue weighted by molar-refractivity contribution is 6.05. The Morgan fingerprint density at radius 1 is 1.07 bits per heavy atom. The second-order valence-corrected chi connectivity index (χ2v) is 11.7. The van der Waals surface area contributed by atoms with Crippen molar-refractivity contribution in [3.8, 4) is 17.0 Å². The third kappa shape index (κ3) is 6.51. The molecule has 15 heteroatoms. The number of aromatic nitrogens is 2. The SMILES string of the molecule is CNC(=O)[C@H]1C[C@@H](OC(=O)Nc2cc3cc(-c4cnc5c(c4C)N(C(=O)O)CCO5)c(F)c(NC(=O)OC(C)(C)C)c3cn2)C1. The minimum Gasteiger partial charge on any atom is -0.474 e. The highest BCUT2D eigenvalue weighted by atomic mass is 19.1. The van der Waals surface area contributed by atoms with E-state index < -0.39 is 35.8 Å². The Labute approximate surface area is 257 Å². The Morgan fingerprint density at radius 3 is 2.47 bits per heavy atom. The van der Waals surface area contributed by atoms with Crippen LogP contribution in [-0.2, 0) is 14.3 Å². The molecule has 4 N–H and O–H groups in total. The van der Waals surface area contributed by atoms with Gasteiger partial charge in [-0.1, -0.05) is 0 Å². The lowest BCUT2D eigenvalue weighted by molar-refractivity contribution is -0.130. The van der Waals surface area contributed by atoms with Crippen LogP contribution in [0.2, 0.25) is 0 Å². The Bertz CT molecular complexity index is 1700. The first-order chi connectivity index (χ1) is 21.3. The number of carbonyl (C=O) groups is 4. The molecular weight excluding hydrogens is 591 g/mol. The van der Waals surface area contributed by atoms with Crippen LogP contribution in [0.1, 0.15) is 39.2 Å². The first-order valence-corrected chi connectivity index (χ1v) is 14.2. The van der Waals surface area contributed by atoms with Crippen molar-refractivity contribution in [1.82, 2.24) is 15.3 Å². The van der Waals surface area contributed by atoms with Crippen LogP contribution in [0.15, 0.2) is 24.5 Å². The number of nitrogens with one attached hydrogen (secondary N) is 3. The molecule has 1 saturated carbocycles. The summed E-state index contributed by atoms with van der Waals surface area (Å²) in [5.74, 6) is -0.986. The van der Waals surface area contributed by atoms with Gasteiger partial charge in [-0.25, -0.2) is 28.7 Å². The molecule has 0 saturated heterocycles. The fraction of sp³-hybridized carbons (Fsp3) is 0.400.